The van der Waals surface area contributed by atoms with E-state index in [1.54, 1.807) is 6.07 Å². The summed E-state index contributed by atoms with van der Waals surface area (Å²) in [6.45, 7) is 6.86. The molecule has 1 amide bonds. The van der Waals surface area contributed by atoms with E-state index in [9.17, 15) is 9.59 Å². The van der Waals surface area contributed by atoms with Gasteiger partial charge in [-0.3, -0.25) is 14.5 Å². The van der Waals surface area contributed by atoms with Crippen LogP contribution in [0.2, 0.25) is 0 Å². The molecule has 0 aliphatic heterocycles. The highest BCUT2D eigenvalue weighted by molar-refractivity contribution is 7.13. The largest absolute Gasteiger partial charge is 0.309 e. The molecule has 0 aliphatic rings. The number of thiazole rings is 1. The number of anilines is 1. The minimum absolute atomic E-state index is 0.124. The Bertz CT molecular complexity index is 997. The summed E-state index contributed by atoms with van der Waals surface area (Å²) in [6, 6.07) is 7.62. The highest BCUT2D eigenvalue weighted by Crippen LogP contribution is 2.19. The van der Waals surface area contributed by atoms with Crippen LogP contribution in [0, 0.1) is 0 Å². The number of carbonyl (C=O) groups is 1. The van der Waals surface area contributed by atoms with E-state index in [1.165, 1.54) is 18.3 Å². The molecular formula is C19H23N5O2S. The number of H-pyrrole nitrogens is 1. The molecule has 0 radical (unpaired) electrons. The lowest BCUT2D eigenvalue weighted by Gasteiger charge is -2.27. The van der Waals surface area contributed by atoms with Crippen molar-refractivity contribution in [3.8, 4) is 0 Å². The van der Waals surface area contributed by atoms with Crippen molar-refractivity contribution in [3.63, 3.8) is 0 Å². The van der Waals surface area contributed by atoms with E-state index in [2.05, 4.69) is 39.0 Å². The number of rotatable bonds is 7. The van der Waals surface area contributed by atoms with Gasteiger partial charge in [-0.2, -0.15) is 0 Å². The second-order valence-electron chi connectivity index (χ2n) is 6.52. The minimum atomic E-state index is -0.132. The van der Waals surface area contributed by atoms with Crippen molar-refractivity contribution in [3.05, 3.63) is 51.5 Å². The highest BCUT2D eigenvalue weighted by atomic mass is 32.1. The van der Waals surface area contributed by atoms with Gasteiger partial charge >= 0.3 is 0 Å². The number of aromatic amines is 1. The summed E-state index contributed by atoms with van der Waals surface area (Å²) in [5.41, 5.74) is 1.45. The molecule has 0 aliphatic carbocycles. The van der Waals surface area contributed by atoms with Crippen molar-refractivity contribution < 1.29 is 4.79 Å². The molecule has 1 unspecified atom stereocenters. The van der Waals surface area contributed by atoms with E-state index in [1.807, 2.05) is 23.6 Å². The number of carbonyl (C=O) groups excluding carboxylic acids is 1. The van der Waals surface area contributed by atoms with Crippen molar-refractivity contribution >= 4 is 33.3 Å². The molecule has 27 heavy (non-hydrogen) atoms. The van der Waals surface area contributed by atoms with Crippen LogP contribution in [0.25, 0.3) is 10.9 Å². The third kappa shape index (κ3) is 4.78. The van der Waals surface area contributed by atoms with Gasteiger partial charge in [0.1, 0.15) is 5.82 Å². The fourth-order valence-electron chi connectivity index (χ4n) is 2.82. The SMILES string of the molecule is CCC(C)N(Cc1csc(NC(C)=O)n1)Cc1nc2ccccc2c(=O)[nH]1. The van der Waals surface area contributed by atoms with Crippen molar-refractivity contribution in [1.82, 2.24) is 19.9 Å². The molecule has 8 heteroatoms. The summed E-state index contributed by atoms with van der Waals surface area (Å²) < 4.78 is 0. The fourth-order valence-corrected chi connectivity index (χ4v) is 3.57. The van der Waals surface area contributed by atoms with Crippen LogP contribution in [-0.2, 0) is 17.9 Å². The molecule has 1 atom stereocenters. The van der Waals surface area contributed by atoms with Gasteiger partial charge in [-0.1, -0.05) is 19.1 Å². The molecule has 0 bridgehead atoms. The van der Waals surface area contributed by atoms with Crippen molar-refractivity contribution in [1.29, 1.82) is 0 Å². The lowest BCUT2D eigenvalue weighted by Crippen LogP contribution is -2.33. The Morgan fingerprint density at radius 2 is 2.07 bits per heavy atom. The number of nitrogens with zero attached hydrogens (tertiary/aromatic N) is 3. The number of benzene rings is 1. The van der Waals surface area contributed by atoms with Gasteiger partial charge in [0.2, 0.25) is 5.91 Å². The maximum Gasteiger partial charge on any atom is 0.258 e. The van der Waals surface area contributed by atoms with Gasteiger partial charge in [-0.25, -0.2) is 9.97 Å². The Hall–Kier alpha value is -2.58. The normalized spacial score (nSPS) is 12.4. The average molecular weight is 385 g/mol. The molecule has 0 spiro atoms. The topological polar surface area (TPSA) is 91.0 Å². The molecule has 0 saturated heterocycles. The Kier molecular flexibility index (Phi) is 5.98. The van der Waals surface area contributed by atoms with Crippen LogP contribution in [0.15, 0.2) is 34.4 Å². The lowest BCUT2D eigenvalue weighted by molar-refractivity contribution is -0.114. The zero-order valence-electron chi connectivity index (χ0n) is 15.7. The summed E-state index contributed by atoms with van der Waals surface area (Å²) >= 11 is 1.41. The van der Waals surface area contributed by atoms with Crippen LogP contribution in [0.5, 0.6) is 0 Å². The van der Waals surface area contributed by atoms with Gasteiger partial charge in [0.05, 0.1) is 23.1 Å². The Morgan fingerprint density at radius 1 is 1.30 bits per heavy atom. The van der Waals surface area contributed by atoms with Crippen molar-refractivity contribution in [2.24, 2.45) is 0 Å². The number of amides is 1. The Balaban J connectivity index is 1.82. The van der Waals surface area contributed by atoms with Crippen LogP contribution in [0.3, 0.4) is 0 Å². The molecule has 142 valence electrons. The van der Waals surface area contributed by atoms with Crippen LogP contribution < -0.4 is 10.9 Å². The molecule has 3 rings (SSSR count). The van der Waals surface area contributed by atoms with Gasteiger partial charge in [-0.15, -0.1) is 11.3 Å². The lowest BCUT2D eigenvalue weighted by atomic mass is 10.2. The third-order valence-electron chi connectivity index (χ3n) is 4.43. The second kappa shape index (κ2) is 8.41. The fraction of sp³-hybridized carbons (Fsp3) is 0.368. The van der Waals surface area contributed by atoms with E-state index in [4.69, 9.17) is 0 Å². The van der Waals surface area contributed by atoms with E-state index >= 15 is 0 Å². The minimum Gasteiger partial charge on any atom is -0.309 e. The zero-order valence-corrected chi connectivity index (χ0v) is 16.5. The summed E-state index contributed by atoms with van der Waals surface area (Å²) in [4.78, 5) is 37.7. The molecule has 2 heterocycles. The van der Waals surface area contributed by atoms with Crippen LogP contribution in [0.1, 0.15) is 38.7 Å². The quantitative estimate of drug-likeness (QED) is 0.652. The van der Waals surface area contributed by atoms with E-state index < -0.39 is 0 Å². The van der Waals surface area contributed by atoms with Crippen LogP contribution in [0.4, 0.5) is 5.13 Å². The number of aromatic nitrogens is 3. The number of hydrogen-bond donors (Lipinski definition) is 2. The molecular weight excluding hydrogens is 362 g/mol. The maximum atomic E-state index is 12.3. The Labute approximate surface area is 161 Å². The van der Waals surface area contributed by atoms with Gasteiger partial charge in [0, 0.05) is 24.9 Å². The molecule has 1 aromatic carbocycles. The zero-order chi connectivity index (χ0) is 19.4. The van der Waals surface area contributed by atoms with Gasteiger partial charge < -0.3 is 10.3 Å². The molecule has 7 nitrogen and oxygen atoms in total. The molecule has 2 N–H and O–H groups in total. The van der Waals surface area contributed by atoms with Gasteiger partial charge in [0.25, 0.3) is 5.56 Å². The molecule has 2 aromatic heterocycles. The third-order valence-corrected chi connectivity index (χ3v) is 5.24. The number of para-hydroxylation sites is 1. The summed E-state index contributed by atoms with van der Waals surface area (Å²) in [5.74, 6) is 0.504. The number of fused-ring (bicyclic) bond motifs is 1. The van der Waals surface area contributed by atoms with E-state index in [-0.39, 0.29) is 17.5 Å². The predicted octanol–water partition coefficient (Wildman–Crippen LogP) is 3.14. The summed E-state index contributed by atoms with van der Waals surface area (Å²) in [7, 11) is 0. The monoisotopic (exact) mass is 385 g/mol. The molecule has 0 saturated carbocycles. The first-order valence-corrected chi connectivity index (χ1v) is 9.78. The van der Waals surface area contributed by atoms with Gasteiger partial charge in [-0.05, 0) is 25.5 Å². The van der Waals surface area contributed by atoms with E-state index in [0.717, 1.165) is 12.1 Å². The van der Waals surface area contributed by atoms with Crippen molar-refractivity contribution in [2.45, 2.75) is 46.3 Å². The smallest absolute Gasteiger partial charge is 0.258 e. The van der Waals surface area contributed by atoms with E-state index in [0.29, 0.717) is 34.9 Å². The summed E-state index contributed by atoms with van der Waals surface area (Å²) in [5, 5.41) is 5.84. The second-order valence-corrected chi connectivity index (χ2v) is 7.38. The predicted molar refractivity (Wildman–Crippen MR) is 108 cm³/mol. The maximum absolute atomic E-state index is 12.3. The number of hydrogen-bond acceptors (Lipinski definition) is 6. The van der Waals surface area contributed by atoms with Crippen LogP contribution in [-0.4, -0.2) is 31.8 Å². The standard InChI is InChI=1S/C19H23N5O2S/c1-4-12(2)24(9-14-11-27-19(21-14)20-13(3)25)10-17-22-16-8-6-5-7-15(16)18(26)23-17/h5-8,11-12H,4,9-10H2,1-3H3,(H,20,21,25)(H,22,23,26). The average Bonchev–Trinajstić information content (AvgIpc) is 3.06. The number of nitrogens with one attached hydrogen (secondary N) is 2. The van der Waals surface area contributed by atoms with Crippen molar-refractivity contribution in [2.75, 3.05) is 5.32 Å². The first-order chi connectivity index (χ1) is 13.0. The highest BCUT2D eigenvalue weighted by Gasteiger charge is 2.17. The Morgan fingerprint density at radius 3 is 2.81 bits per heavy atom. The first kappa shape index (κ1) is 19.2. The van der Waals surface area contributed by atoms with Gasteiger partial charge in [0.15, 0.2) is 5.13 Å². The molecule has 0 fully saturated rings. The molecule has 3 aromatic rings. The van der Waals surface area contributed by atoms with Crippen LogP contribution >= 0.6 is 11.3 Å². The first-order valence-electron chi connectivity index (χ1n) is 8.90. The summed E-state index contributed by atoms with van der Waals surface area (Å²) in [6.07, 6.45) is 0.959.